The van der Waals surface area contributed by atoms with E-state index in [-0.39, 0.29) is 11.5 Å². The third-order valence-corrected chi connectivity index (χ3v) is 11.0. The number of fused-ring (bicyclic) bond motifs is 3. The molecule has 0 aromatic heterocycles. The van der Waals surface area contributed by atoms with Crippen LogP contribution in [0.15, 0.2) is 102 Å². The van der Waals surface area contributed by atoms with Crippen molar-refractivity contribution in [3.05, 3.63) is 130 Å². The van der Waals surface area contributed by atoms with Gasteiger partial charge in [-0.15, -0.1) is 6.42 Å². The normalized spacial score (nSPS) is 30.9. The lowest BCUT2D eigenvalue weighted by atomic mass is 9.65. The highest BCUT2D eigenvalue weighted by Gasteiger charge is 2.64. The first-order chi connectivity index (χ1) is 20.7. The maximum atomic E-state index is 9.52. The van der Waals surface area contributed by atoms with Crippen molar-refractivity contribution in [3.8, 4) is 18.4 Å². The minimum Gasteiger partial charge on any atom is -0.362 e. The predicted molar refractivity (Wildman–Crippen MR) is 171 cm³/mol. The van der Waals surface area contributed by atoms with Crippen molar-refractivity contribution in [2.24, 2.45) is 5.92 Å². The highest BCUT2D eigenvalue weighted by atomic mass is 15.2. The van der Waals surface area contributed by atoms with Crippen LogP contribution in [0.4, 0.5) is 0 Å². The van der Waals surface area contributed by atoms with Gasteiger partial charge in [0.1, 0.15) is 0 Å². The van der Waals surface area contributed by atoms with Crippen molar-refractivity contribution >= 4 is 11.1 Å². The molecule has 0 aliphatic heterocycles. The van der Waals surface area contributed by atoms with Gasteiger partial charge in [-0.05, 0) is 108 Å². The Morgan fingerprint density at radius 2 is 1.90 bits per heavy atom. The van der Waals surface area contributed by atoms with E-state index in [0.717, 1.165) is 36.8 Å². The molecule has 2 aromatic carbocycles. The van der Waals surface area contributed by atoms with E-state index in [2.05, 4.69) is 103 Å². The molecular weight excluding hydrogens is 508 g/mol. The fourth-order valence-electron chi connectivity index (χ4n) is 9.63. The summed E-state index contributed by atoms with van der Waals surface area (Å²) in [5.74, 6) is 4.16. The molecule has 0 radical (unpaired) electrons. The molecule has 2 aromatic rings. The maximum Gasteiger partial charge on any atom is 0.0988 e. The summed E-state index contributed by atoms with van der Waals surface area (Å²) < 4.78 is 0. The van der Waals surface area contributed by atoms with Crippen molar-refractivity contribution in [2.75, 3.05) is 0 Å². The maximum absolute atomic E-state index is 9.52. The lowest BCUT2D eigenvalue weighted by Gasteiger charge is -2.44. The van der Waals surface area contributed by atoms with Crippen LogP contribution in [0.25, 0.3) is 11.1 Å². The number of terminal acetylenes is 1. The van der Waals surface area contributed by atoms with Gasteiger partial charge >= 0.3 is 0 Å². The minimum atomic E-state index is -0.182. The summed E-state index contributed by atoms with van der Waals surface area (Å²) in [6.45, 7) is 2.18. The predicted octanol–water partition coefficient (Wildman–Crippen LogP) is 8.76. The van der Waals surface area contributed by atoms with Crippen LogP contribution in [0.1, 0.15) is 85.6 Å². The summed E-state index contributed by atoms with van der Waals surface area (Å²) >= 11 is 0. The van der Waals surface area contributed by atoms with Gasteiger partial charge in [0.05, 0.1) is 17.5 Å². The third-order valence-electron chi connectivity index (χ3n) is 11.0. The Morgan fingerprint density at radius 3 is 2.67 bits per heavy atom. The average molecular weight is 545 g/mol. The standard InChI is InChI=1S/C40H36N2/c1-3-30-32-15-8-9-19-36(32)40-37-24-29(42(27-12-6-5-7-13-27)28-22-20-26(25-41)21-23-28)14-10-16-33(37)35-18-11-17-34(39(35)40)31(4-2)38(30)40/h1,4,6,8-9,11-13,15,17-22,28-29,33,37H,5,7,10,14,16,23-24H2,2H3/b31-4-. The van der Waals surface area contributed by atoms with Gasteiger partial charge < -0.3 is 4.90 Å². The number of allylic oxidation sites excluding steroid dienone is 9. The van der Waals surface area contributed by atoms with Crippen LogP contribution in [-0.4, -0.2) is 17.0 Å². The molecular formula is C40H36N2. The number of nitrogens with zero attached hydrogens (tertiary/aromatic N) is 2. The molecule has 5 atom stereocenters. The van der Waals surface area contributed by atoms with Crippen molar-refractivity contribution in [1.29, 1.82) is 5.26 Å². The van der Waals surface area contributed by atoms with Crippen LogP contribution in [0.5, 0.6) is 0 Å². The molecule has 206 valence electrons. The number of benzene rings is 2. The molecule has 0 heterocycles. The Bertz CT molecular complexity index is 1780. The lowest BCUT2D eigenvalue weighted by molar-refractivity contribution is 0.170. The largest absolute Gasteiger partial charge is 0.362 e. The van der Waals surface area contributed by atoms with Crippen molar-refractivity contribution < 1.29 is 0 Å². The lowest BCUT2D eigenvalue weighted by Crippen LogP contribution is -2.44. The second-order valence-electron chi connectivity index (χ2n) is 12.7. The second-order valence-corrected chi connectivity index (χ2v) is 12.7. The van der Waals surface area contributed by atoms with Gasteiger partial charge in [0.25, 0.3) is 0 Å². The number of rotatable bonds is 3. The van der Waals surface area contributed by atoms with E-state index in [4.69, 9.17) is 6.42 Å². The summed E-state index contributed by atoms with van der Waals surface area (Å²) in [4.78, 5) is 2.73. The highest BCUT2D eigenvalue weighted by Crippen LogP contribution is 2.72. The van der Waals surface area contributed by atoms with Crippen LogP contribution in [-0.2, 0) is 5.41 Å². The second kappa shape index (κ2) is 9.64. The van der Waals surface area contributed by atoms with E-state index in [1.807, 2.05) is 6.08 Å². The minimum absolute atomic E-state index is 0.182. The van der Waals surface area contributed by atoms with E-state index < -0.39 is 0 Å². The summed E-state index contributed by atoms with van der Waals surface area (Å²) in [5.41, 5.74) is 13.0. The van der Waals surface area contributed by atoms with Crippen LogP contribution in [0.2, 0.25) is 0 Å². The Kier molecular flexibility index (Phi) is 5.84. The number of nitriles is 1. The SMILES string of the molecule is C#CC1=C2/C(=C\C)c3cccc4c3C2(c2ccccc21)C1CC(N(C2=CCCC=C2)C2C=CC(C#N)=CC2)CCCC41. The van der Waals surface area contributed by atoms with E-state index in [0.29, 0.717) is 17.9 Å². The molecule has 1 spiro atoms. The fourth-order valence-corrected chi connectivity index (χ4v) is 9.63. The zero-order valence-electron chi connectivity index (χ0n) is 24.3. The Hall–Kier alpha value is -4.27. The van der Waals surface area contributed by atoms with Crippen LogP contribution < -0.4 is 0 Å². The Balaban J connectivity index is 1.31. The molecule has 2 heteroatoms. The van der Waals surface area contributed by atoms with Gasteiger partial charge in [0.15, 0.2) is 0 Å². The first kappa shape index (κ1) is 25.4. The average Bonchev–Trinajstić information content (AvgIpc) is 3.52. The van der Waals surface area contributed by atoms with Crippen LogP contribution in [0, 0.1) is 29.6 Å². The van der Waals surface area contributed by atoms with E-state index in [1.165, 1.54) is 52.8 Å². The fraction of sp³-hybridized carbons (Fsp3) is 0.325. The molecule has 2 nitrogen and oxygen atoms in total. The zero-order valence-corrected chi connectivity index (χ0v) is 24.3. The summed E-state index contributed by atoms with van der Waals surface area (Å²) in [7, 11) is 0. The molecule has 5 unspecified atom stereocenters. The van der Waals surface area contributed by atoms with E-state index in [9.17, 15) is 5.26 Å². The van der Waals surface area contributed by atoms with E-state index in [1.54, 1.807) is 11.1 Å². The molecule has 1 saturated carbocycles. The molecule has 6 aliphatic carbocycles. The van der Waals surface area contributed by atoms with Crippen LogP contribution in [0.3, 0.4) is 0 Å². The van der Waals surface area contributed by atoms with E-state index >= 15 is 0 Å². The molecule has 1 fully saturated rings. The number of hydrogen-bond donors (Lipinski definition) is 0. The summed E-state index contributed by atoms with van der Waals surface area (Å²) in [6.07, 6.45) is 30.1. The van der Waals surface area contributed by atoms with Gasteiger partial charge in [0, 0.05) is 22.9 Å². The molecule has 8 rings (SSSR count). The third kappa shape index (κ3) is 3.27. The molecule has 6 aliphatic rings. The summed E-state index contributed by atoms with van der Waals surface area (Å²) in [6, 6.07) is 19.1. The molecule has 0 amide bonds. The first-order valence-electron chi connectivity index (χ1n) is 15.8. The van der Waals surface area contributed by atoms with Gasteiger partial charge in [0.2, 0.25) is 0 Å². The molecule has 0 bridgehead atoms. The van der Waals surface area contributed by atoms with Gasteiger partial charge in [-0.3, -0.25) is 0 Å². The smallest absolute Gasteiger partial charge is 0.0988 e. The highest BCUT2D eigenvalue weighted by molar-refractivity contribution is 6.08. The van der Waals surface area contributed by atoms with Crippen LogP contribution >= 0.6 is 0 Å². The Labute approximate surface area is 250 Å². The zero-order chi connectivity index (χ0) is 28.4. The van der Waals surface area contributed by atoms with Gasteiger partial charge in [-0.2, -0.15) is 5.26 Å². The molecule has 0 saturated heterocycles. The molecule has 0 N–H and O–H groups in total. The van der Waals surface area contributed by atoms with Crippen molar-refractivity contribution in [1.82, 2.24) is 4.90 Å². The topological polar surface area (TPSA) is 27.0 Å². The van der Waals surface area contributed by atoms with Crippen molar-refractivity contribution in [3.63, 3.8) is 0 Å². The molecule has 42 heavy (non-hydrogen) atoms. The van der Waals surface area contributed by atoms with Gasteiger partial charge in [-0.25, -0.2) is 0 Å². The van der Waals surface area contributed by atoms with Gasteiger partial charge in [-0.1, -0.05) is 85.2 Å². The number of hydrogen-bond acceptors (Lipinski definition) is 2. The van der Waals surface area contributed by atoms with Crippen molar-refractivity contribution in [2.45, 2.75) is 75.3 Å². The first-order valence-corrected chi connectivity index (χ1v) is 15.8. The monoisotopic (exact) mass is 544 g/mol. The Morgan fingerprint density at radius 1 is 1.02 bits per heavy atom. The quantitative estimate of drug-likeness (QED) is 0.361. The summed E-state index contributed by atoms with van der Waals surface area (Å²) in [5, 5.41) is 9.52.